The topological polar surface area (TPSA) is 44.7 Å². The zero-order chi connectivity index (χ0) is 13.8. The highest BCUT2D eigenvalue weighted by molar-refractivity contribution is 5.37. The lowest BCUT2D eigenvalue weighted by atomic mass is 10.0. The number of rotatable bonds is 3. The fourth-order valence-electron chi connectivity index (χ4n) is 3.18. The summed E-state index contributed by atoms with van der Waals surface area (Å²) >= 11 is 0. The van der Waals surface area contributed by atoms with E-state index in [-0.39, 0.29) is 6.61 Å². The molecule has 1 saturated heterocycles. The van der Waals surface area contributed by atoms with Crippen molar-refractivity contribution in [2.45, 2.75) is 38.4 Å². The molecule has 3 rings (SSSR count). The molecule has 1 fully saturated rings. The van der Waals surface area contributed by atoms with Crippen molar-refractivity contribution in [2.75, 3.05) is 26.3 Å². The van der Waals surface area contributed by atoms with E-state index in [1.807, 2.05) is 0 Å². The number of nitrogens with zero attached hydrogens (tertiary/aromatic N) is 1. The van der Waals surface area contributed by atoms with Gasteiger partial charge in [-0.3, -0.25) is 4.90 Å². The first kappa shape index (κ1) is 13.9. The summed E-state index contributed by atoms with van der Waals surface area (Å²) in [6.07, 6.45) is 3.60. The van der Waals surface area contributed by atoms with Crippen LogP contribution in [0.3, 0.4) is 0 Å². The van der Waals surface area contributed by atoms with E-state index in [1.54, 1.807) is 0 Å². The van der Waals surface area contributed by atoms with Crippen LogP contribution in [-0.4, -0.2) is 42.4 Å². The lowest BCUT2D eigenvalue weighted by molar-refractivity contribution is 0.0841. The van der Waals surface area contributed by atoms with Crippen molar-refractivity contribution in [3.05, 3.63) is 29.3 Å². The summed E-state index contributed by atoms with van der Waals surface area (Å²) in [7, 11) is 0. The standard InChI is InChI=1S/C16H24N2O2/c19-12-15-3-1-2-7-18(15)11-13-4-5-16-14(9-13)10-17-6-8-20-16/h4-5,9,15,17,19H,1-3,6-8,10-12H2. The second kappa shape index (κ2) is 6.57. The van der Waals surface area contributed by atoms with Gasteiger partial charge >= 0.3 is 0 Å². The van der Waals surface area contributed by atoms with Gasteiger partial charge in [-0.25, -0.2) is 0 Å². The average Bonchev–Trinajstić information content (AvgIpc) is 2.72. The average molecular weight is 276 g/mol. The molecular weight excluding hydrogens is 252 g/mol. The number of fused-ring (bicyclic) bond motifs is 1. The molecule has 1 aromatic rings. The van der Waals surface area contributed by atoms with Crippen LogP contribution in [0.4, 0.5) is 0 Å². The minimum absolute atomic E-state index is 0.273. The summed E-state index contributed by atoms with van der Waals surface area (Å²) in [5.41, 5.74) is 2.56. The molecule has 0 radical (unpaired) electrons. The first-order valence-corrected chi connectivity index (χ1v) is 7.67. The molecule has 0 saturated carbocycles. The highest BCUT2D eigenvalue weighted by Gasteiger charge is 2.21. The van der Waals surface area contributed by atoms with Crippen molar-refractivity contribution in [3.8, 4) is 5.75 Å². The number of piperidine rings is 1. The van der Waals surface area contributed by atoms with E-state index in [1.165, 1.54) is 24.0 Å². The predicted molar refractivity (Wildman–Crippen MR) is 78.8 cm³/mol. The predicted octanol–water partition coefficient (Wildman–Crippen LogP) is 1.52. The van der Waals surface area contributed by atoms with Gasteiger partial charge in [0.2, 0.25) is 0 Å². The van der Waals surface area contributed by atoms with Crippen LogP contribution in [0.1, 0.15) is 30.4 Å². The molecule has 0 aliphatic carbocycles. The quantitative estimate of drug-likeness (QED) is 0.878. The number of hydrogen-bond donors (Lipinski definition) is 2. The molecule has 110 valence electrons. The normalized spacial score (nSPS) is 23.8. The number of likely N-dealkylation sites (tertiary alicyclic amines) is 1. The van der Waals surface area contributed by atoms with Gasteiger partial charge in [-0.15, -0.1) is 0 Å². The zero-order valence-corrected chi connectivity index (χ0v) is 12.0. The number of aliphatic hydroxyl groups is 1. The molecule has 0 amide bonds. The molecule has 0 aromatic heterocycles. The maximum absolute atomic E-state index is 9.50. The van der Waals surface area contributed by atoms with Gasteiger partial charge in [0.1, 0.15) is 12.4 Å². The molecule has 1 atom stereocenters. The van der Waals surface area contributed by atoms with Crippen molar-refractivity contribution in [1.29, 1.82) is 0 Å². The van der Waals surface area contributed by atoms with Gasteiger partial charge in [0.15, 0.2) is 0 Å². The monoisotopic (exact) mass is 276 g/mol. The Kier molecular flexibility index (Phi) is 4.55. The summed E-state index contributed by atoms with van der Waals surface area (Å²) in [6, 6.07) is 6.83. The van der Waals surface area contributed by atoms with Crippen LogP contribution in [0.25, 0.3) is 0 Å². The number of hydrogen-bond acceptors (Lipinski definition) is 4. The summed E-state index contributed by atoms with van der Waals surface area (Å²) < 4.78 is 5.72. The molecule has 2 aliphatic heterocycles. The van der Waals surface area contributed by atoms with Crippen molar-refractivity contribution in [2.24, 2.45) is 0 Å². The molecule has 1 unspecified atom stereocenters. The number of aliphatic hydroxyl groups excluding tert-OH is 1. The Bertz CT molecular complexity index is 450. The van der Waals surface area contributed by atoms with Gasteiger partial charge in [-0.2, -0.15) is 0 Å². The highest BCUT2D eigenvalue weighted by atomic mass is 16.5. The molecule has 1 aromatic carbocycles. The molecule has 2 aliphatic rings. The van der Waals surface area contributed by atoms with Gasteiger partial charge in [0, 0.05) is 31.2 Å². The Labute approximate surface area is 120 Å². The lowest BCUT2D eigenvalue weighted by Crippen LogP contribution is -2.41. The maximum Gasteiger partial charge on any atom is 0.123 e. The third-order valence-corrected chi connectivity index (χ3v) is 4.32. The number of ether oxygens (including phenoxy) is 1. The van der Waals surface area contributed by atoms with Crippen LogP contribution < -0.4 is 10.1 Å². The summed E-state index contributed by atoms with van der Waals surface area (Å²) in [5, 5.41) is 12.9. The van der Waals surface area contributed by atoms with Crippen LogP contribution in [0.2, 0.25) is 0 Å². The summed E-state index contributed by atoms with van der Waals surface area (Å²) in [5.74, 6) is 1.01. The van der Waals surface area contributed by atoms with Gasteiger partial charge in [0.05, 0.1) is 6.61 Å². The Hall–Kier alpha value is -1.10. The smallest absolute Gasteiger partial charge is 0.123 e. The van der Waals surface area contributed by atoms with E-state index in [4.69, 9.17) is 4.74 Å². The Morgan fingerprint density at radius 3 is 3.20 bits per heavy atom. The fourth-order valence-corrected chi connectivity index (χ4v) is 3.18. The van der Waals surface area contributed by atoms with E-state index < -0.39 is 0 Å². The largest absolute Gasteiger partial charge is 0.492 e. The second-order valence-corrected chi connectivity index (χ2v) is 5.77. The van der Waals surface area contributed by atoms with Crippen molar-refractivity contribution < 1.29 is 9.84 Å². The zero-order valence-electron chi connectivity index (χ0n) is 12.0. The molecule has 2 N–H and O–H groups in total. The third kappa shape index (κ3) is 3.14. The van der Waals surface area contributed by atoms with E-state index in [2.05, 4.69) is 28.4 Å². The van der Waals surface area contributed by atoms with E-state index in [0.717, 1.165) is 45.0 Å². The molecular formula is C16H24N2O2. The van der Waals surface area contributed by atoms with Gasteiger partial charge in [-0.1, -0.05) is 12.5 Å². The molecule has 20 heavy (non-hydrogen) atoms. The Morgan fingerprint density at radius 2 is 2.30 bits per heavy atom. The SMILES string of the molecule is OCC1CCCCN1Cc1ccc2c(c1)CNCCO2. The second-order valence-electron chi connectivity index (χ2n) is 5.77. The van der Waals surface area contributed by atoms with Crippen molar-refractivity contribution >= 4 is 0 Å². The van der Waals surface area contributed by atoms with Gasteiger partial charge in [-0.05, 0) is 37.1 Å². The van der Waals surface area contributed by atoms with Crippen molar-refractivity contribution in [3.63, 3.8) is 0 Å². The maximum atomic E-state index is 9.50. The van der Waals surface area contributed by atoms with Crippen LogP contribution in [-0.2, 0) is 13.1 Å². The van der Waals surface area contributed by atoms with Crippen molar-refractivity contribution in [1.82, 2.24) is 10.2 Å². The molecule has 2 heterocycles. The van der Waals surface area contributed by atoms with Gasteiger partial charge in [0.25, 0.3) is 0 Å². The molecule has 4 nitrogen and oxygen atoms in total. The van der Waals surface area contributed by atoms with Crippen LogP contribution in [0, 0.1) is 0 Å². The van der Waals surface area contributed by atoms with Gasteiger partial charge < -0.3 is 15.2 Å². The number of nitrogens with one attached hydrogen (secondary N) is 1. The minimum atomic E-state index is 0.273. The summed E-state index contributed by atoms with van der Waals surface area (Å²) in [6.45, 7) is 4.82. The fraction of sp³-hybridized carbons (Fsp3) is 0.625. The van der Waals surface area contributed by atoms with E-state index in [0.29, 0.717) is 6.04 Å². The summed E-state index contributed by atoms with van der Waals surface area (Å²) in [4.78, 5) is 2.41. The first-order valence-electron chi connectivity index (χ1n) is 7.67. The Balaban J connectivity index is 1.72. The number of benzene rings is 1. The minimum Gasteiger partial charge on any atom is -0.492 e. The highest BCUT2D eigenvalue weighted by Crippen LogP contribution is 2.24. The van der Waals surface area contributed by atoms with Crippen LogP contribution in [0.5, 0.6) is 5.75 Å². The van der Waals surface area contributed by atoms with E-state index >= 15 is 0 Å². The molecule has 0 bridgehead atoms. The first-order chi connectivity index (χ1) is 9.86. The molecule has 4 heteroatoms. The Morgan fingerprint density at radius 1 is 1.35 bits per heavy atom. The van der Waals surface area contributed by atoms with Crippen LogP contribution >= 0.6 is 0 Å². The lowest BCUT2D eigenvalue weighted by Gasteiger charge is -2.34. The van der Waals surface area contributed by atoms with E-state index in [9.17, 15) is 5.11 Å². The van der Waals surface area contributed by atoms with Crippen LogP contribution in [0.15, 0.2) is 18.2 Å². The third-order valence-electron chi connectivity index (χ3n) is 4.32. The molecule has 0 spiro atoms.